The van der Waals surface area contributed by atoms with Gasteiger partial charge in [-0.05, 0) is 44.9 Å². The Hall–Kier alpha value is -2.51. The highest BCUT2D eigenvalue weighted by Gasteiger charge is 2.36. The van der Waals surface area contributed by atoms with Gasteiger partial charge in [-0.3, -0.25) is 4.98 Å². The van der Waals surface area contributed by atoms with Crippen molar-refractivity contribution < 1.29 is 12.9 Å². The molecule has 4 rings (SSSR count). The molecular formula is C20H21N3O3S. The summed E-state index contributed by atoms with van der Waals surface area (Å²) in [7, 11) is -3.53. The Bertz CT molecular complexity index is 1020. The smallest absolute Gasteiger partial charge is 0.243 e. The molecule has 0 bridgehead atoms. The highest BCUT2D eigenvalue weighted by atomic mass is 32.2. The molecule has 1 atom stereocenters. The summed E-state index contributed by atoms with van der Waals surface area (Å²) in [5.74, 6) is 0.746. The van der Waals surface area contributed by atoms with Crippen LogP contribution in [0.25, 0.3) is 11.1 Å². The van der Waals surface area contributed by atoms with E-state index in [0.29, 0.717) is 11.4 Å². The van der Waals surface area contributed by atoms with E-state index in [4.69, 9.17) is 4.52 Å². The largest absolute Gasteiger partial charge is 0.361 e. The van der Waals surface area contributed by atoms with Crippen molar-refractivity contribution in [2.24, 2.45) is 0 Å². The average molecular weight is 383 g/mol. The van der Waals surface area contributed by atoms with Gasteiger partial charge in [0, 0.05) is 23.9 Å². The zero-order valence-corrected chi connectivity index (χ0v) is 16.1. The van der Waals surface area contributed by atoms with Gasteiger partial charge in [0.25, 0.3) is 0 Å². The second kappa shape index (κ2) is 6.90. The molecular weight excluding hydrogens is 362 g/mol. The quantitative estimate of drug-likeness (QED) is 0.683. The van der Waals surface area contributed by atoms with Crippen molar-refractivity contribution in [2.45, 2.75) is 37.6 Å². The van der Waals surface area contributed by atoms with Gasteiger partial charge in [0.1, 0.15) is 5.76 Å². The van der Waals surface area contributed by atoms with Gasteiger partial charge in [-0.15, -0.1) is 0 Å². The molecule has 3 aromatic rings. The first-order chi connectivity index (χ1) is 13.0. The van der Waals surface area contributed by atoms with Crippen molar-refractivity contribution in [1.82, 2.24) is 14.4 Å². The van der Waals surface area contributed by atoms with Crippen molar-refractivity contribution in [1.29, 1.82) is 0 Å². The van der Waals surface area contributed by atoms with Crippen molar-refractivity contribution in [2.75, 3.05) is 6.54 Å². The number of rotatable bonds is 4. The van der Waals surface area contributed by atoms with Gasteiger partial charge in [0.2, 0.25) is 10.0 Å². The minimum Gasteiger partial charge on any atom is -0.361 e. The van der Waals surface area contributed by atoms with Crippen molar-refractivity contribution in [3.63, 3.8) is 0 Å². The molecule has 0 radical (unpaired) electrons. The van der Waals surface area contributed by atoms with Crippen molar-refractivity contribution >= 4 is 10.0 Å². The molecule has 27 heavy (non-hydrogen) atoms. The van der Waals surface area contributed by atoms with Crippen LogP contribution in [-0.2, 0) is 10.0 Å². The van der Waals surface area contributed by atoms with E-state index < -0.39 is 10.0 Å². The predicted molar refractivity (Wildman–Crippen MR) is 102 cm³/mol. The maximum atomic E-state index is 13.0. The van der Waals surface area contributed by atoms with Crippen LogP contribution >= 0.6 is 0 Å². The number of nitrogens with zero attached hydrogens (tertiary/aromatic N) is 3. The van der Waals surface area contributed by atoms with Gasteiger partial charge < -0.3 is 4.52 Å². The Morgan fingerprint density at radius 3 is 2.52 bits per heavy atom. The standard InChI is InChI=1S/C20H21N3O3S/c1-14-20(15(2)26-22-14)16-10-11-18(21-13-16)19-9-6-12-23(19)27(24,25)17-7-4-3-5-8-17/h3-5,7-8,10-11,13,19H,6,9,12H2,1-2H3/t19-/m0/s1. The fraction of sp³-hybridized carbons (Fsp3) is 0.300. The normalized spacial score (nSPS) is 18.1. The topological polar surface area (TPSA) is 76.3 Å². The third-order valence-corrected chi connectivity index (χ3v) is 6.93. The summed E-state index contributed by atoms with van der Waals surface area (Å²) in [4.78, 5) is 4.90. The van der Waals surface area contributed by atoms with Crippen LogP contribution in [-0.4, -0.2) is 29.4 Å². The molecule has 7 heteroatoms. The van der Waals surface area contributed by atoms with E-state index in [1.165, 1.54) is 0 Å². The highest BCUT2D eigenvalue weighted by Crippen LogP contribution is 2.36. The lowest BCUT2D eigenvalue weighted by Gasteiger charge is -2.23. The van der Waals surface area contributed by atoms with Gasteiger partial charge >= 0.3 is 0 Å². The number of aryl methyl sites for hydroxylation is 2. The van der Waals surface area contributed by atoms with Crippen molar-refractivity contribution in [3.05, 3.63) is 65.8 Å². The van der Waals surface area contributed by atoms with Gasteiger partial charge in [0.15, 0.2) is 0 Å². The first-order valence-corrected chi connectivity index (χ1v) is 10.4. The summed E-state index contributed by atoms with van der Waals surface area (Å²) in [5, 5.41) is 3.98. The number of hydrogen-bond donors (Lipinski definition) is 0. The number of hydrogen-bond acceptors (Lipinski definition) is 5. The van der Waals surface area contributed by atoms with E-state index in [-0.39, 0.29) is 6.04 Å². The van der Waals surface area contributed by atoms with E-state index in [0.717, 1.165) is 41.1 Å². The van der Waals surface area contributed by atoms with Gasteiger partial charge in [-0.25, -0.2) is 8.42 Å². The van der Waals surface area contributed by atoms with E-state index in [1.807, 2.05) is 32.0 Å². The van der Waals surface area contributed by atoms with Crippen LogP contribution < -0.4 is 0 Å². The van der Waals surface area contributed by atoms with E-state index in [1.54, 1.807) is 34.8 Å². The molecule has 0 aliphatic carbocycles. The zero-order valence-electron chi connectivity index (χ0n) is 15.3. The molecule has 1 aromatic carbocycles. The minimum atomic E-state index is -3.53. The lowest BCUT2D eigenvalue weighted by Crippen LogP contribution is -2.31. The minimum absolute atomic E-state index is 0.242. The molecule has 1 saturated heterocycles. The zero-order chi connectivity index (χ0) is 19.0. The number of pyridine rings is 1. The fourth-order valence-electron chi connectivity index (χ4n) is 3.70. The second-order valence-corrected chi connectivity index (χ2v) is 8.65. The predicted octanol–water partition coefficient (Wildman–Crippen LogP) is 3.88. The summed E-state index contributed by atoms with van der Waals surface area (Å²) in [6.07, 6.45) is 3.36. The Balaban J connectivity index is 1.65. The number of benzene rings is 1. The van der Waals surface area contributed by atoms with Gasteiger partial charge in [-0.1, -0.05) is 29.4 Å². The maximum absolute atomic E-state index is 13.0. The van der Waals surface area contributed by atoms with Crippen molar-refractivity contribution in [3.8, 4) is 11.1 Å². The summed E-state index contributed by atoms with van der Waals surface area (Å²) in [6.45, 7) is 4.27. The van der Waals surface area contributed by atoms with Crippen LogP contribution in [0.5, 0.6) is 0 Å². The third kappa shape index (κ3) is 3.17. The molecule has 1 aliphatic rings. The van der Waals surface area contributed by atoms with Crippen LogP contribution in [0.3, 0.4) is 0 Å². The average Bonchev–Trinajstić information content (AvgIpc) is 3.30. The Morgan fingerprint density at radius 2 is 1.89 bits per heavy atom. The lowest BCUT2D eigenvalue weighted by atomic mass is 10.0. The SMILES string of the molecule is Cc1noc(C)c1-c1ccc([C@@H]2CCCN2S(=O)(=O)c2ccccc2)nc1. The molecule has 0 N–H and O–H groups in total. The Morgan fingerprint density at radius 1 is 1.11 bits per heavy atom. The highest BCUT2D eigenvalue weighted by molar-refractivity contribution is 7.89. The molecule has 0 amide bonds. The van der Waals surface area contributed by atoms with E-state index >= 15 is 0 Å². The monoisotopic (exact) mass is 383 g/mol. The summed E-state index contributed by atoms with van der Waals surface area (Å²) in [5.41, 5.74) is 3.44. The fourth-order valence-corrected chi connectivity index (χ4v) is 5.39. The molecule has 2 aromatic heterocycles. The van der Waals surface area contributed by atoms with Crippen LogP contribution in [0.4, 0.5) is 0 Å². The lowest BCUT2D eigenvalue weighted by molar-refractivity contribution is 0.390. The molecule has 0 spiro atoms. The molecule has 140 valence electrons. The Kier molecular flexibility index (Phi) is 4.57. The van der Waals surface area contributed by atoms with Crippen LogP contribution in [0, 0.1) is 13.8 Å². The van der Waals surface area contributed by atoms with Crippen LogP contribution in [0.2, 0.25) is 0 Å². The summed E-state index contributed by atoms with van der Waals surface area (Å²) in [6, 6.07) is 12.2. The molecule has 6 nitrogen and oxygen atoms in total. The molecule has 1 aliphatic heterocycles. The second-order valence-electron chi connectivity index (χ2n) is 6.76. The summed E-state index contributed by atoms with van der Waals surface area (Å²) >= 11 is 0. The number of aromatic nitrogens is 2. The van der Waals surface area contributed by atoms with Crippen LogP contribution in [0.15, 0.2) is 58.1 Å². The number of sulfonamides is 1. The molecule has 1 fully saturated rings. The Labute approximate surface area is 158 Å². The van der Waals surface area contributed by atoms with E-state index in [9.17, 15) is 8.42 Å². The maximum Gasteiger partial charge on any atom is 0.243 e. The van der Waals surface area contributed by atoms with E-state index in [2.05, 4.69) is 10.1 Å². The first-order valence-electron chi connectivity index (χ1n) is 8.94. The first kappa shape index (κ1) is 17.9. The van der Waals surface area contributed by atoms with Crippen LogP contribution in [0.1, 0.15) is 36.0 Å². The molecule has 0 unspecified atom stereocenters. The summed E-state index contributed by atoms with van der Waals surface area (Å²) < 4.78 is 32.9. The molecule has 3 heterocycles. The van der Waals surface area contributed by atoms with Gasteiger partial charge in [0.05, 0.1) is 22.3 Å². The van der Waals surface area contributed by atoms with Gasteiger partial charge in [-0.2, -0.15) is 4.31 Å². The molecule has 0 saturated carbocycles. The third-order valence-electron chi connectivity index (χ3n) is 5.00.